The number of fused-ring (bicyclic) bond motifs is 1. The Hall–Kier alpha value is -3.12. The lowest BCUT2D eigenvalue weighted by atomic mass is 10.1. The second kappa shape index (κ2) is 7.84. The Morgan fingerprint density at radius 3 is 2.69 bits per heavy atom. The Morgan fingerprint density at radius 2 is 1.88 bits per heavy atom. The highest BCUT2D eigenvalue weighted by Crippen LogP contribution is 2.25. The minimum absolute atomic E-state index is 0.0635. The molecule has 6 heteroatoms. The summed E-state index contributed by atoms with van der Waals surface area (Å²) in [6, 6.07) is 18.6. The van der Waals surface area contributed by atoms with Gasteiger partial charge >= 0.3 is 0 Å². The third kappa shape index (κ3) is 4.29. The number of phenols is 1. The van der Waals surface area contributed by atoms with Crippen LogP contribution in [0.3, 0.4) is 0 Å². The van der Waals surface area contributed by atoms with Crippen LogP contribution in [0.2, 0.25) is 0 Å². The zero-order valence-corrected chi connectivity index (χ0v) is 15.0. The van der Waals surface area contributed by atoms with Crippen LogP contribution in [0.25, 0.3) is 10.8 Å². The molecule has 132 valence electrons. The molecule has 0 aliphatic heterocycles. The molecule has 3 aromatic carbocycles. The summed E-state index contributed by atoms with van der Waals surface area (Å²) in [6.07, 6.45) is 0. The number of carbonyl (C=O) groups is 1. The second-order valence-electron chi connectivity index (χ2n) is 5.79. The Bertz CT molecular complexity index is 967. The molecule has 1 amide bonds. The molecule has 3 N–H and O–H groups in total. The molecule has 0 heterocycles. The first-order valence-electron chi connectivity index (χ1n) is 8.04. The molecule has 0 spiro atoms. The lowest BCUT2D eigenvalue weighted by Gasteiger charge is -2.12. The predicted molar refractivity (Wildman–Crippen MR) is 107 cm³/mol. The van der Waals surface area contributed by atoms with Gasteiger partial charge in [-0.15, -0.1) is 0 Å². The van der Waals surface area contributed by atoms with Crippen molar-refractivity contribution in [3.8, 4) is 11.5 Å². The van der Waals surface area contributed by atoms with Gasteiger partial charge in [-0.1, -0.05) is 42.5 Å². The van der Waals surface area contributed by atoms with E-state index in [1.807, 2.05) is 55.5 Å². The lowest BCUT2D eigenvalue weighted by molar-refractivity contribution is -0.121. The number of benzene rings is 3. The van der Waals surface area contributed by atoms with Gasteiger partial charge in [0, 0.05) is 5.39 Å². The summed E-state index contributed by atoms with van der Waals surface area (Å²) in [5, 5.41) is 17.3. The number of aromatic hydroxyl groups is 1. The maximum absolute atomic E-state index is 12.1. The first-order chi connectivity index (χ1) is 12.5. The molecular formula is C20H18N2O3S. The highest BCUT2D eigenvalue weighted by Gasteiger charge is 2.09. The minimum Gasteiger partial charge on any atom is -0.506 e. The van der Waals surface area contributed by atoms with Crippen LogP contribution in [-0.4, -0.2) is 22.7 Å². The molecule has 0 unspecified atom stereocenters. The summed E-state index contributed by atoms with van der Waals surface area (Å²) >= 11 is 5.10. The van der Waals surface area contributed by atoms with Crippen molar-refractivity contribution in [2.45, 2.75) is 6.92 Å². The molecular weight excluding hydrogens is 348 g/mol. The Morgan fingerprint density at radius 1 is 1.12 bits per heavy atom. The molecule has 26 heavy (non-hydrogen) atoms. The quantitative estimate of drug-likeness (QED) is 0.485. The van der Waals surface area contributed by atoms with E-state index in [9.17, 15) is 9.90 Å². The normalized spacial score (nSPS) is 10.3. The van der Waals surface area contributed by atoms with Gasteiger partial charge in [-0.25, -0.2) is 0 Å². The summed E-state index contributed by atoms with van der Waals surface area (Å²) in [4.78, 5) is 12.1. The molecule has 0 aromatic heterocycles. The Balaban J connectivity index is 1.57. The molecule has 3 rings (SSSR count). The number of ether oxygens (including phenoxy) is 1. The highest BCUT2D eigenvalue weighted by atomic mass is 32.1. The SMILES string of the molecule is Cc1ccc(NC(=S)NC(=O)COc2cccc3ccccc23)c(O)c1. The fourth-order valence-electron chi connectivity index (χ4n) is 2.53. The third-order valence-electron chi connectivity index (χ3n) is 3.76. The van der Waals surface area contributed by atoms with Gasteiger partial charge in [0.25, 0.3) is 5.91 Å². The van der Waals surface area contributed by atoms with E-state index < -0.39 is 0 Å². The zero-order valence-electron chi connectivity index (χ0n) is 14.2. The number of nitrogens with one attached hydrogen (secondary N) is 2. The van der Waals surface area contributed by atoms with Crippen LogP contribution in [0.4, 0.5) is 5.69 Å². The molecule has 0 atom stereocenters. The molecule has 0 aliphatic carbocycles. The largest absolute Gasteiger partial charge is 0.506 e. The van der Waals surface area contributed by atoms with E-state index >= 15 is 0 Å². The number of anilines is 1. The zero-order chi connectivity index (χ0) is 18.5. The monoisotopic (exact) mass is 366 g/mol. The predicted octanol–water partition coefficient (Wildman–Crippen LogP) is 3.75. The lowest BCUT2D eigenvalue weighted by Crippen LogP contribution is -2.37. The highest BCUT2D eigenvalue weighted by molar-refractivity contribution is 7.80. The van der Waals surface area contributed by atoms with Crippen molar-refractivity contribution >= 4 is 39.7 Å². The number of hydrogen-bond donors (Lipinski definition) is 3. The number of hydrogen-bond acceptors (Lipinski definition) is 4. The van der Waals surface area contributed by atoms with Crippen LogP contribution in [-0.2, 0) is 4.79 Å². The summed E-state index contributed by atoms with van der Waals surface area (Å²) in [7, 11) is 0. The molecule has 5 nitrogen and oxygen atoms in total. The van der Waals surface area contributed by atoms with Crippen molar-refractivity contribution in [1.82, 2.24) is 5.32 Å². The first-order valence-corrected chi connectivity index (χ1v) is 8.45. The maximum Gasteiger partial charge on any atom is 0.264 e. The number of thiocarbonyl (C=S) groups is 1. The van der Waals surface area contributed by atoms with Crippen molar-refractivity contribution in [2.75, 3.05) is 11.9 Å². The topological polar surface area (TPSA) is 70.6 Å². The molecule has 3 aromatic rings. The van der Waals surface area contributed by atoms with Crippen LogP contribution in [0.15, 0.2) is 60.7 Å². The number of amides is 1. The van der Waals surface area contributed by atoms with Crippen molar-refractivity contribution in [2.24, 2.45) is 0 Å². The van der Waals surface area contributed by atoms with Gasteiger partial charge in [0.2, 0.25) is 0 Å². The van der Waals surface area contributed by atoms with Crippen molar-refractivity contribution in [3.05, 3.63) is 66.2 Å². The number of carbonyl (C=O) groups excluding carboxylic acids is 1. The summed E-state index contributed by atoms with van der Waals surface area (Å²) in [5.74, 6) is 0.309. The van der Waals surface area contributed by atoms with Crippen molar-refractivity contribution in [1.29, 1.82) is 0 Å². The maximum atomic E-state index is 12.1. The molecule has 0 radical (unpaired) electrons. The molecule has 0 aliphatic rings. The Kier molecular flexibility index (Phi) is 5.34. The van der Waals surface area contributed by atoms with E-state index in [-0.39, 0.29) is 23.4 Å². The van der Waals surface area contributed by atoms with Gasteiger partial charge in [-0.05, 0) is 48.3 Å². The number of rotatable bonds is 4. The van der Waals surface area contributed by atoms with Crippen LogP contribution in [0.5, 0.6) is 11.5 Å². The van der Waals surface area contributed by atoms with Crippen LogP contribution in [0, 0.1) is 6.92 Å². The molecule has 0 saturated heterocycles. The van der Waals surface area contributed by atoms with E-state index in [0.29, 0.717) is 11.4 Å². The third-order valence-corrected chi connectivity index (χ3v) is 3.97. The summed E-state index contributed by atoms with van der Waals surface area (Å²) in [5.41, 5.74) is 1.35. The first kappa shape index (κ1) is 17.7. The molecule has 0 fully saturated rings. The van der Waals surface area contributed by atoms with E-state index in [4.69, 9.17) is 17.0 Å². The van der Waals surface area contributed by atoms with E-state index in [0.717, 1.165) is 16.3 Å². The van der Waals surface area contributed by atoms with Crippen LogP contribution >= 0.6 is 12.2 Å². The van der Waals surface area contributed by atoms with E-state index in [1.54, 1.807) is 12.1 Å². The van der Waals surface area contributed by atoms with Gasteiger partial charge in [0.1, 0.15) is 11.5 Å². The van der Waals surface area contributed by atoms with Crippen LogP contribution in [0.1, 0.15) is 5.56 Å². The average molecular weight is 366 g/mol. The van der Waals surface area contributed by atoms with Gasteiger partial charge < -0.3 is 15.2 Å². The second-order valence-corrected chi connectivity index (χ2v) is 6.20. The fourth-order valence-corrected chi connectivity index (χ4v) is 2.75. The van der Waals surface area contributed by atoms with Gasteiger partial charge in [-0.3, -0.25) is 10.1 Å². The van der Waals surface area contributed by atoms with Gasteiger partial charge in [0.15, 0.2) is 11.7 Å². The average Bonchev–Trinajstić information content (AvgIpc) is 2.62. The molecule has 0 bridgehead atoms. The van der Waals surface area contributed by atoms with E-state index in [1.165, 1.54) is 0 Å². The van der Waals surface area contributed by atoms with Crippen LogP contribution < -0.4 is 15.4 Å². The fraction of sp³-hybridized carbons (Fsp3) is 0.100. The van der Waals surface area contributed by atoms with E-state index in [2.05, 4.69) is 10.6 Å². The summed E-state index contributed by atoms with van der Waals surface area (Å²) in [6.45, 7) is 1.70. The number of phenolic OH excluding ortho intramolecular Hbond substituents is 1. The summed E-state index contributed by atoms with van der Waals surface area (Å²) < 4.78 is 5.62. The Labute approximate surface area is 156 Å². The van der Waals surface area contributed by atoms with Crippen molar-refractivity contribution < 1.29 is 14.6 Å². The molecule has 0 saturated carbocycles. The smallest absolute Gasteiger partial charge is 0.264 e. The van der Waals surface area contributed by atoms with Gasteiger partial charge in [-0.2, -0.15) is 0 Å². The standard InChI is InChI=1S/C20H18N2O3S/c1-13-9-10-16(17(23)11-13)21-20(26)22-19(24)12-25-18-8-4-6-14-5-2-3-7-15(14)18/h2-11,23H,12H2,1H3,(H2,21,22,24,26). The van der Waals surface area contributed by atoms with Gasteiger partial charge in [0.05, 0.1) is 5.69 Å². The number of aryl methyl sites for hydroxylation is 1. The van der Waals surface area contributed by atoms with Crippen molar-refractivity contribution in [3.63, 3.8) is 0 Å². The minimum atomic E-state index is -0.387.